The third-order valence-corrected chi connectivity index (χ3v) is 4.09. The highest BCUT2D eigenvalue weighted by Gasteiger charge is 2.38. The van der Waals surface area contributed by atoms with Crippen molar-refractivity contribution in [2.45, 2.75) is 44.8 Å². The molecule has 0 spiro atoms. The first-order valence-corrected chi connectivity index (χ1v) is 7.04. The van der Waals surface area contributed by atoms with E-state index in [4.69, 9.17) is 14.9 Å². The highest BCUT2D eigenvalue weighted by Crippen LogP contribution is 2.40. The summed E-state index contributed by atoms with van der Waals surface area (Å²) in [6.45, 7) is 4.97. The SMILES string of the molecule is CCc1c(C2(C)CC(N)CCO2)oc2ccccc12. The molecule has 0 saturated carbocycles. The van der Waals surface area contributed by atoms with Gasteiger partial charge in [0.05, 0.1) is 0 Å². The average Bonchev–Trinajstić information content (AvgIpc) is 2.77. The monoisotopic (exact) mass is 259 g/mol. The molecule has 0 amide bonds. The molecule has 3 nitrogen and oxygen atoms in total. The maximum Gasteiger partial charge on any atom is 0.140 e. The first-order valence-electron chi connectivity index (χ1n) is 7.04. The molecular weight excluding hydrogens is 238 g/mol. The minimum absolute atomic E-state index is 0.191. The minimum Gasteiger partial charge on any atom is -0.458 e. The standard InChI is InChI=1S/C16H21NO2/c1-3-12-13-6-4-5-7-14(13)19-15(12)16(2)10-11(17)8-9-18-16/h4-7,11H,3,8-10,17H2,1-2H3. The lowest BCUT2D eigenvalue weighted by molar-refractivity contribution is -0.0891. The number of nitrogens with two attached hydrogens (primary N) is 1. The summed E-state index contributed by atoms with van der Waals surface area (Å²) < 4.78 is 12.1. The van der Waals surface area contributed by atoms with Crippen molar-refractivity contribution in [1.82, 2.24) is 0 Å². The maximum atomic E-state index is 6.11. The number of benzene rings is 1. The normalized spacial score (nSPS) is 27.8. The number of rotatable bonds is 2. The molecule has 1 aliphatic heterocycles. The summed E-state index contributed by atoms with van der Waals surface area (Å²) in [5.41, 5.74) is 7.92. The Morgan fingerprint density at radius 2 is 2.16 bits per heavy atom. The molecule has 0 bridgehead atoms. The molecular formula is C16H21NO2. The Hall–Kier alpha value is -1.32. The number of furan rings is 1. The molecule has 2 unspecified atom stereocenters. The fourth-order valence-corrected chi connectivity index (χ4v) is 3.13. The van der Waals surface area contributed by atoms with Crippen LogP contribution in [-0.4, -0.2) is 12.6 Å². The molecule has 3 rings (SSSR count). The fourth-order valence-electron chi connectivity index (χ4n) is 3.13. The van der Waals surface area contributed by atoms with E-state index in [0.717, 1.165) is 30.6 Å². The number of aryl methyl sites for hydroxylation is 1. The van der Waals surface area contributed by atoms with Gasteiger partial charge in [-0.2, -0.15) is 0 Å². The largest absolute Gasteiger partial charge is 0.458 e. The zero-order chi connectivity index (χ0) is 13.5. The number of hydrogen-bond donors (Lipinski definition) is 1. The van der Waals surface area contributed by atoms with Gasteiger partial charge in [0.1, 0.15) is 16.9 Å². The second-order valence-electron chi connectivity index (χ2n) is 5.59. The Balaban J connectivity index is 2.13. The summed E-state index contributed by atoms with van der Waals surface area (Å²) in [5, 5.41) is 1.20. The Bertz CT molecular complexity index is 589. The van der Waals surface area contributed by atoms with Gasteiger partial charge < -0.3 is 14.9 Å². The van der Waals surface area contributed by atoms with Crippen molar-refractivity contribution in [3.05, 3.63) is 35.6 Å². The van der Waals surface area contributed by atoms with E-state index in [1.807, 2.05) is 12.1 Å². The summed E-state index contributed by atoms with van der Waals surface area (Å²) in [4.78, 5) is 0. The summed E-state index contributed by atoms with van der Waals surface area (Å²) in [5.74, 6) is 0.964. The molecule has 102 valence electrons. The van der Waals surface area contributed by atoms with Crippen LogP contribution >= 0.6 is 0 Å². The molecule has 2 heterocycles. The van der Waals surface area contributed by atoms with Crippen molar-refractivity contribution >= 4 is 11.0 Å². The van der Waals surface area contributed by atoms with Gasteiger partial charge in [0.25, 0.3) is 0 Å². The van der Waals surface area contributed by atoms with Crippen LogP contribution in [-0.2, 0) is 16.8 Å². The molecule has 1 aromatic heterocycles. The molecule has 1 aromatic carbocycles. The van der Waals surface area contributed by atoms with Gasteiger partial charge in [-0.3, -0.25) is 0 Å². The van der Waals surface area contributed by atoms with Crippen molar-refractivity contribution in [3.8, 4) is 0 Å². The molecule has 2 N–H and O–H groups in total. The van der Waals surface area contributed by atoms with E-state index in [0.29, 0.717) is 6.61 Å². The Labute approximate surface area is 113 Å². The quantitative estimate of drug-likeness (QED) is 0.899. The van der Waals surface area contributed by atoms with Crippen LogP contribution in [0.4, 0.5) is 0 Å². The molecule has 0 aliphatic carbocycles. The predicted molar refractivity (Wildman–Crippen MR) is 76.1 cm³/mol. The number of para-hydroxylation sites is 1. The van der Waals surface area contributed by atoms with Gasteiger partial charge in [0.15, 0.2) is 0 Å². The highest BCUT2D eigenvalue weighted by molar-refractivity contribution is 5.82. The lowest BCUT2D eigenvalue weighted by Crippen LogP contribution is -2.41. The Morgan fingerprint density at radius 3 is 2.89 bits per heavy atom. The van der Waals surface area contributed by atoms with Crippen LogP contribution in [0.1, 0.15) is 38.0 Å². The van der Waals surface area contributed by atoms with E-state index in [1.165, 1.54) is 10.9 Å². The summed E-state index contributed by atoms with van der Waals surface area (Å²) in [6, 6.07) is 8.38. The Morgan fingerprint density at radius 1 is 1.37 bits per heavy atom. The fraction of sp³-hybridized carbons (Fsp3) is 0.500. The van der Waals surface area contributed by atoms with Gasteiger partial charge >= 0.3 is 0 Å². The smallest absolute Gasteiger partial charge is 0.140 e. The lowest BCUT2D eigenvalue weighted by atomic mass is 9.87. The van der Waals surface area contributed by atoms with Crippen LogP contribution in [0, 0.1) is 0 Å². The van der Waals surface area contributed by atoms with Crippen LogP contribution in [0.3, 0.4) is 0 Å². The zero-order valence-corrected chi connectivity index (χ0v) is 11.6. The van der Waals surface area contributed by atoms with Gasteiger partial charge in [-0.05, 0) is 32.3 Å². The molecule has 1 aliphatic rings. The van der Waals surface area contributed by atoms with Gasteiger partial charge in [-0.15, -0.1) is 0 Å². The first-order chi connectivity index (χ1) is 9.14. The van der Waals surface area contributed by atoms with Crippen molar-refractivity contribution in [1.29, 1.82) is 0 Å². The van der Waals surface area contributed by atoms with Gasteiger partial charge in [-0.1, -0.05) is 25.1 Å². The van der Waals surface area contributed by atoms with E-state index in [1.54, 1.807) is 0 Å². The van der Waals surface area contributed by atoms with Gasteiger partial charge in [0.2, 0.25) is 0 Å². The lowest BCUT2D eigenvalue weighted by Gasteiger charge is -2.36. The summed E-state index contributed by atoms with van der Waals surface area (Å²) in [7, 11) is 0. The van der Waals surface area contributed by atoms with Crippen molar-refractivity contribution in [2.24, 2.45) is 5.73 Å². The van der Waals surface area contributed by atoms with Crippen molar-refractivity contribution < 1.29 is 9.15 Å². The van der Waals surface area contributed by atoms with Crippen LogP contribution in [0.5, 0.6) is 0 Å². The second-order valence-corrected chi connectivity index (χ2v) is 5.59. The number of ether oxygens (including phenoxy) is 1. The van der Waals surface area contributed by atoms with Crippen LogP contribution < -0.4 is 5.73 Å². The molecule has 0 radical (unpaired) electrons. The summed E-state index contributed by atoms with van der Waals surface area (Å²) >= 11 is 0. The topological polar surface area (TPSA) is 48.4 Å². The van der Waals surface area contributed by atoms with Gasteiger partial charge in [0, 0.05) is 23.6 Å². The molecule has 1 saturated heterocycles. The minimum atomic E-state index is -0.387. The molecule has 3 heteroatoms. The third kappa shape index (κ3) is 2.07. The molecule has 19 heavy (non-hydrogen) atoms. The van der Waals surface area contributed by atoms with E-state index in [9.17, 15) is 0 Å². The predicted octanol–water partition coefficient (Wildman–Crippen LogP) is 3.35. The van der Waals surface area contributed by atoms with Crippen molar-refractivity contribution in [3.63, 3.8) is 0 Å². The van der Waals surface area contributed by atoms with Gasteiger partial charge in [-0.25, -0.2) is 0 Å². The Kier molecular flexibility index (Phi) is 3.11. The zero-order valence-electron chi connectivity index (χ0n) is 11.6. The van der Waals surface area contributed by atoms with Crippen LogP contribution in [0.2, 0.25) is 0 Å². The van der Waals surface area contributed by atoms with E-state index in [2.05, 4.69) is 26.0 Å². The highest BCUT2D eigenvalue weighted by atomic mass is 16.5. The first kappa shape index (κ1) is 12.7. The van der Waals surface area contributed by atoms with Crippen LogP contribution in [0.25, 0.3) is 11.0 Å². The van der Waals surface area contributed by atoms with Crippen LogP contribution in [0.15, 0.2) is 28.7 Å². The molecule has 2 atom stereocenters. The molecule has 1 fully saturated rings. The van der Waals surface area contributed by atoms with Crippen molar-refractivity contribution in [2.75, 3.05) is 6.61 Å². The molecule has 2 aromatic rings. The maximum absolute atomic E-state index is 6.11. The second kappa shape index (κ2) is 4.66. The number of fused-ring (bicyclic) bond motifs is 1. The van der Waals surface area contributed by atoms with E-state index < -0.39 is 0 Å². The van der Waals surface area contributed by atoms with E-state index >= 15 is 0 Å². The number of hydrogen-bond acceptors (Lipinski definition) is 3. The van der Waals surface area contributed by atoms with E-state index in [-0.39, 0.29) is 11.6 Å². The summed E-state index contributed by atoms with van der Waals surface area (Å²) in [6.07, 6.45) is 2.69. The average molecular weight is 259 g/mol. The third-order valence-electron chi connectivity index (χ3n) is 4.09.